The molecule has 0 unspecified atom stereocenters. The van der Waals surface area contributed by atoms with Crippen molar-refractivity contribution in [3.8, 4) is 34.0 Å². The number of rotatable bonds is 9. The average Bonchev–Trinajstić information content (AvgIpc) is 3.81. The Balaban J connectivity index is 0.000000184. The predicted octanol–water partition coefficient (Wildman–Crippen LogP) is 9.98. The number of nitrogens with zero attached hydrogens (tertiary/aromatic N) is 9. The van der Waals surface area contributed by atoms with Crippen molar-refractivity contribution < 1.29 is 19.1 Å². The molecule has 0 aliphatic carbocycles. The molecule has 356 valence electrons. The number of aromatic amines is 1. The van der Waals surface area contributed by atoms with Crippen LogP contribution in [-0.4, -0.2) is 123 Å². The number of aryl methyl sites for hydroxylation is 3. The Morgan fingerprint density at radius 1 is 0.672 bits per heavy atom. The fourth-order valence-electron chi connectivity index (χ4n) is 7.80. The second-order valence-electron chi connectivity index (χ2n) is 16.3. The summed E-state index contributed by atoms with van der Waals surface area (Å²) in [7, 11) is 3.21. The van der Waals surface area contributed by atoms with Crippen molar-refractivity contribution >= 4 is 81.2 Å². The molecule has 8 rings (SSSR count). The quantitative estimate of drug-likeness (QED) is 0.139. The number of H-pyrrole nitrogens is 1. The molecule has 14 nitrogen and oxygen atoms in total. The zero-order valence-electron chi connectivity index (χ0n) is 38.8. The normalized spacial score (nSPS) is 15.9. The first kappa shape index (κ1) is 51.1. The highest BCUT2D eigenvalue weighted by molar-refractivity contribution is 6.34. The highest BCUT2D eigenvalue weighted by Gasteiger charge is 2.30. The Morgan fingerprint density at radius 3 is 1.58 bits per heavy atom. The number of benzene rings is 2. The lowest BCUT2D eigenvalue weighted by Gasteiger charge is -2.41. The van der Waals surface area contributed by atoms with E-state index in [9.17, 15) is 9.59 Å². The number of alkyl halides is 1. The zero-order chi connectivity index (χ0) is 48.5. The highest BCUT2D eigenvalue weighted by atomic mass is 35.5. The van der Waals surface area contributed by atoms with Crippen molar-refractivity contribution in [3.05, 3.63) is 116 Å². The summed E-state index contributed by atoms with van der Waals surface area (Å²) in [5.74, 6) is 1.36. The van der Waals surface area contributed by atoms with Crippen LogP contribution in [0.15, 0.2) is 73.1 Å². The number of anilines is 2. The summed E-state index contributed by atoms with van der Waals surface area (Å²) >= 11 is 30.4. The number of nitrogens with one attached hydrogen (secondary N) is 1. The largest absolute Gasteiger partial charge is 0.495 e. The summed E-state index contributed by atoms with van der Waals surface area (Å²) in [6.07, 6.45) is 3.53. The molecule has 2 aliphatic heterocycles. The van der Waals surface area contributed by atoms with Gasteiger partial charge in [-0.1, -0.05) is 46.4 Å². The minimum absolute atomic E-state index is 0.00694. The topological polar surface area (TPSA) is 138 Å². The third kappa shape index (κ3) is 12.5. The van der Waals surface area contributed by atoms with E-state index in [0.29, 0.717) is 50.4 Å². The van der Waals surface area contributed by atoms with Gasteiger partial charge in [-0.25, -0.2) is 0 Å². The smallest absolute Gasteiger partial charge is 0.244 e. The molecule has 2 atom stereocenters. The molecule has 67 heavy (non-hydrogen) atoms. The van der Waals surface area contributed by atoms with E-state index in [1.165, 1.54) is 0 Å². The number of carbonyl (C=O) groups excluding carboxylic acids is 2. The molecule has 2 saturated heterocycles. The van der Waals surface area contributed by atoms with Gasteiger partial charge < -0.3 is 29.1 Å². The number of ether oxygens (including phenoxy) is 2. The first-order chi connectivity index (χ1) is 32.0. The minimum Gasteiger partial charge on any atom is -0.495 e. The molecule has 2 aliphatic rings. The predicted molar refractivity (Wildman–Crippen MR) is 270 cm³/mol. The number of halogens is 5. The van der Waals surface area contributed by atoms with E-state index in [2.05, 4.69) is 42.0 Å². The Labute approximate surface area is 417 Å². The number of carbonyl (C=O) groups is 2. The summed E-state index contributed by atoms with van der Waals surface area (Å²) < 4.78 is 12.3. The van der Waals surface area contributed by atoms with Crippen LogP contribution in [0.1, 0.15) is 36.6 Å². The van der Waals surface area contributed by atoms with Crippen LogP contribution in [-0.2, 0) is 16.1 Å². The van der Waals surface area contributed by atoms with Crippen LogP contribution in [0.25, 0.3) is 22.5 Å². The second-order valence-corrected chi connectivity index (χ2v) is 18.2. The fraction of sp³-hybridized carbons (Fsp3) is 0.375. The SMILES string of the molecule is COc1cc(N2CCN(C(=O)CCl)[C@@H](C)C2)ccc1Cl.COc1cc(N2CCN(C(=O)Cn3nc(-c4ccc(C)nc4)c(Cl)c3C)[C@@H](C)C2)ccc1Cl.Cc1ccc(-c2n[nH]c(C)c2Cl)cn1. The van der Waals surface area contributed by atoms with Crippen molar-refractivity contribution in [3.63, 3.8) is 0 Å². The van der Waals surface area contributed by atoms with Gasteiger partial charge in [0.2, 0.25) is 11.8 Å². The lowest BCUT2D eigenvalue weighted by Crippen LogP contribution is -2.54. The minimum atomic E-state index is -0.00694. The third-order valence-electron chi connectivity index (χ3n) is 11.7. The summed E-state index contributed by atoms with van der Waals surface area (Å²) in [4.78, 5) is 41.6. The van der Waals surface area contributed by atoms with Gasteiger partial charge >= 0.3 is 0 Å². The summed E-state index contributed by atoms with van der Waals surface area (Å²) in [6.45, 7) is 16.2. The number of aromatic nitrogens is 6. The molecule has 2 amide bonds. The van der Waals surface area contributed by atoms with E-state index in [1.54, 1.807) is 31.3 Å². The number of pyridine rings is 2. The Hall–Kier alpha value is -5.25. The lowest BCUT2D eigenvalue weighted by atomic mass is 10.1. The van der Waals surface area contributed by atoms with Crippen LogP contribution < -0.4 is 19.3 Å². The van der Waals surface area contributed by atoms with Crippen LogP contribution in [0.2, 0.25) is 20.1 Å². The van der Waals surface area contributed by atoms with E-state index in [1.807, 2.05) is 105 Å². The number of piperazine rings is 2. The van der Waals surface area contributed by atoms with Gasteiger partial charge in [0.25, 0.3) is 0 Å². The van der Waals surface area contributed by atoms with Gasteiger partial charge in [-0.2, -0.15) is 10.2 Å². The molecule has 0 saturated carbocycles. The van der Waals surface area contributed by atoms with Crippen molar-refractivity contribution in [2.45, 2.75) is 60.2 Å². The average molecular weight is 1010 g/mol. The maximum Gasteiger partial charge on any atom is 0.244 e. The first-order valence-corrected chi connectivity index (χ1v) is 23.7. The van der Waals surface area contributed by atoms with Crippen LogP contribution in [0.4, 0.5) is 11.4 Å². The van der Waals surface area contributed by atoms with Crippen molar-refractivity contribution in [1.29, 1.82) is 0 Å². The van der Waals surface area contributed by atoms with Gasteiger partial charge in [0.15, 0.2) is 0 Å². The maximum atomic E-state index is 13.2. The van der Waals surface area contributed by atoms with Crippen LogP contribution >= 0.6 is 58.0 Å². The molecule has 6 aromatic rings. The number of hydrogen-bond acceptors (Lipinski definition) is 10. The van der Waals surface area contributed by atoms with Gasteiger partial charge in [-0.15, -0.1) is 11.6 Å². The maximum absolute atomic E-state index is 13.2. The van der Waals surface area contributed by atoms with E-state index >= 15 is 0 Å². The van der Waals surface area contributed by atoms with Crippen molar-refractivity contribution in [2.24, 2.45) is 0 Å². The van der Waals surface area contributed by atoms with Crippen LogP contribution in [0, 0.1) is 27.7 Å². The molecule has 6 heterocycles. The Bertz CT molecular complexity index is 2640. The Morgan fingerprint density at radius 2 is 1.16 bits per heavy atom. The van der Waals surface area contributed by atoms with Crippen molar-refractivity contribution in [2.75, 3.05) is 69.2 Å². The second kappa shape index (κ2) is 23.2. The van der Waals surface area contributed by atoms with E-state index in [0.717, 1.165) is 77.2 Å². The molecule has 4 aromatic heterocycles. The molecule has 2 aromatic carbocycles. The molecule has 0 spiro atoms. The Kier molecular flexibility index (Phi) is 17.7. The zero-order valence-corrected chi connectivity index (χ0v) is 42.6. The first-order valence-electron chi connectivity index (χ1n) is 21.6. The molecule has 0 bridgehead atoms. The van der Waals surface area contributed by atoms with Crippen LogP contribution in [0.3, 0.4) is 0 Å². The van der Waals surface area contributed by atoms with Gasteiger partial charge in [0.05, 0.1) is 45.7 Å². The van der Waals surface area contributed by atoms with E-state index < -0.39 is 0 Å². The van der Waals surface area contributed by atoms with E-state index in [4.69, 9.17) is 67.5 Å². The standard InChI is InChI=1S/C24H27Cl2N5O2.C14H18Cl2N2O2.C10H10ClN3/c1-15-5-6-18(12-27-15)24-23(26)17(3)31(28-24)14-22(32)30-10-9-29(13-16(30)2)19-7-8-20(25)21(11-19)33-4;1-10-9-17(5-6-18(10)14(19)8-15)11-3-4-12(16)13(7-11)20-2;1-6-3-4-8(5-12-6)10-9(11)7(2)13-14-10/h5-8,11-12,16H,9-10,13-14H2,1-4H3;3-4,7,10H,5-6,8-9H2,1-2H3;3-5H,1-2H3,(H,13,14)/t16-;10-;/m00./s1. The number of hydrogen-bond donors (Lipinski definition) is 1. The number of amides is 2. The molecule has 0 radical (unpaired) electrons. The monoisotopic (exact) mass is 1010 g/mol. The molecular weight excluding hydrogens is 958 g/mol. The molecule has 2 fully saturated rings. The third-order valence-corrected chi connectivity index (χ3v) is 13.4. The fourth-order valence-corrected chi connectivity index (χ4v) is 8.78. The van der Waals surface area contributed by atoms with E-state index in [-0.39, 0.29) is 36.3 Å². The lowest BCUT2D eigenvalue weighted by molar-refractivity contribution is -0.134. The highest BCUT2D eigenvalue weighted by Crippen LogP contribution is 2.33. The number of methoxy groups -OCH3 is 2. The van der Waals surface area contributed by atoms with Crippen LogP contribution in [0.5, 0.6) is 11.5 Å². The van der Waals surface area contributed by atoms with Gasteiger partial charge in [-0.3, -0.25) is 29.3 Å². The summed E-state index contributed by atoms with van der Waals surface area (Å²) in [5, 5.41) is 14.0. The van der Waals surface area contributed by atoms with Gasteiger partial charge in [-0.05, 0) is 90.1 Å². The summed E-state index contributed by atoms with van der Waals surface area (Å²) in [6, 6.07) is 19.4. The van der Waals surface area contributed by atoms with Gasteiger partial charge in [0.1, 0.15) is 35.3 Å². The van der Waals surface area contributed by atoms with Gasteiger partial charge in [0, 0.05) is 110 Å². The van der Waals surface area contributed by atoms with Crippen molar-refractivity contribution in [1.82, 2.24) is 39.7 Å². The molecule has 1 N–H and O–H groups in total. The molecule has 19 heteroatoms. The summed E-state index contributed by atoms with van der Waals surface area (Å²) in [5.41, 5.74) is 8.80. The molecular formula is C48H55Cl5N10O4.